The average Bonchev–Trinajstić information content (AvgIpc) is 3.02. The molecule has 0 spiro atoms. The van der Waals surface area contributed by atoms with Crippen molar-refractivity contribution in [3.63, 3.8) is 0 Å². The molecule has 5 nitrogen and oxygen atoms in total. The fraction of sp³-hybridized carbons (Fsp3) is 0.444. The van der Waals surface area contributed by atoms with Crippen molar-refractivity contribution in [3.05, 3.63) is 36.0 Å². The Kier molecular flexibility index (Phi) is 4.96. The van der Waals surface area contributed by atoms with E-state index in [0.717, 1.165) is 36.6 Å². The van der Waals surface area contributed by atoms with E-state index in [-0.39, 0.29) is 0 Å². The number of H-pyrrole nitrogens is 1. The van der Waals surface area contributed by atoms with E-state index >= 15 is 0 Å². The van der Waals surface area contributed by atoms with Crippen LogP contribution in [0.5, 0.6) is 5.75 Å². The molecule has 1 aliphatic rings. The van der Waals surface area contributed by atoms with Crippen LogP contribution >= 0.6 is 0 Å². The third kappa shape index (κ3) is 3.82. The Balaban J connectivity index is 1.88. The minimum absolute atomic E-state index is 0.297. The first-order valence-corrected chi connectivity index (χ1v) is 10.2. The molecule has 1 N–H and O–H groups in total. The van der Waals surface area contributed by atoms with Crippen molar-refractivity contribution in [1.82, 2.24) is 9.88 Å². The number of piperidine rings is 1. The van der Waals surface area contributed by atoms with E-state index in [9.17, 15) is 8.42 Å². The van der Waals surface area contributed by atoms with E-state index < -0.39 is 9.84 Å². The molecule has 6 heteroatoms. The summed E-state index contributed by atoms with van der Waals surface area (Å²) in [6.07, 6.45) is 5.06. The lowest BCUT2D eigenvalue weighted by molar-refractivity contribution is 0.219. The van der Waals surface area contributed by atoms with Crippen molar-refractivity contribution in [2.45, 2.75) is 30.7 Å². The summed E-state index contributed by atoms with van der Waals surface area (Å²) < 4.78 is 29.1. The molecule has 2 aromatic rings. The van der Waals surface area contributed by atoms with E-state index in [2.05, 4.69) is 16.0 Å². The number of methoxy groups -OCH3 is 1. The Morgan fingerprint density at radius 3 is 2.54 bits per heavy atom. The van der Waals surface area contributed by atoms with Gasteiger partial charge < -0.3 is 9.72 Å². The first kappa shape index (κ1) is 17.0. The van der Waals surface area contributed by atoms with Crippen molar-refractivity contribution in [3.8, 4) is 17.0 Å². The number of sulfone groups is 1. The minimum atomic E-state index is -3.25. The topological polar surface area (TPSA) is 62.4 Å². The van der Waals surface area contributed by atoms with Gasteiger partial charge >= 0.3 is 0 Å². The zero-order valence-corrected chi connectivity index (χ0v) is 15.0. The Labute approximate surface area is 143 Å². The molecule has 24 heavy (non-hydrogen) atoms. The highest BCUT2D eigenvalue weighted by Gasteiger charge is 2.15. The van der Waals surface area contributed by atoms with Crippen molar-refractivity contribution in [2.75, 3.05) is 26.5 Å². The summed E-state index contributed by atoms with van der Waals surface area (Å²) in [4.78, 5) is 6.16. The van der Waals surface area contributed by atoms with Crippen molar-refractivity contribution >= 4 is 9.84 Å². The van der Waals surface area contributed by atoms with Crippen LogP contribution in [0, 0.1) is 0 Å². The highest BCUT2D eigenvalue weighted by molar-refractivity contribution is 7.90. The molecule has 130 valence electrons. The quantitative estimate of drug-likeness (QED) is 0.902. The molecule has 3 rings (SSSR count). The molecular formula is C18H24N2O3S. The third-order valence-corrected chi connectivity index (χ3v) is 5.59. The van der Waals surface area contributed by atoms with Gasteiger partial charge in [-0.15, -0.1) is 0 Å². The molecule has 0 bridgehead atoms. The van der Waals surface area contributed by atoms with E-state index in [1.807, 2.05) is 6.07 Å². The molecule has 0 radical (unpaired) electrons. The zero-order chi connectivity index (χ0) is 17.2. The van der Waals surface area contributed by atoms with Gasteiger partial charge in [0.15, 0.2) is 9.84 Å². The molecule has 0 aliphatic carbocycles. The summed E-state index contributed by atoms with van der Waals surface area (Å²) in [5.41, 5.74) is 2.79. The Morgan fingerprint density at radius 2 is 1.88 bits per heavy atom. The van der Waals surface area contributed by atoms with Gasteiger partial charge in [0.25, 0.3) is 0 Å². The van der Waals surface area contributed by atoms with Crippen LogP contribution in [0.2, 0.25) is 0 Å². The Hall–Kier alpha value is -1.79. The second-order valence-electron chi connectivity index (χ2n) is 6.37. The lowest BCUT2D eigenvalue weighted by Crippen LogP contribution is -2.29. The summed E-state index contributed by atoms with van der Waals surface area (Å²) in [5.74, 6) is 0.661. The second-order valence-corrected chi connectivity index (χ2v) is 8.38. The summed E-state index contributed by atoms with van der Waals surface area (Å²) >= 11 is 0. The SMILES string of the molecule is COc1ccc(S(C)(=O)=O)cc1-c1ccc(CN2CCCCC2)[nH]1. The summed E-state index contributed by atoms with van der Waals surface area (Å²) in [5, 5.41) is 0. The Morgan fingerprint density at radius 1 is 1.12 bits per heavy atom. The van der Waals surface area contributed by atoms with Crippen LogP contribution in [0.25, 0.3) is 11.3 Å². The number of benzene rings is 1. The molecular weight excluding hydrogens is 324 g/mol. The lowest BCUT2D eigenvalue weighted by atomic mass is 10.1. The van der Waals surface area contributed by atoms with Crippen LogP contribution in [0.3, 0.4) is 0 Å². The number of ether oxygens (including phenoxy) is 1. The molecule has 1 aromatic heterocycles. The van der Waals surface area contributed by atoms with Gasteiger partial charge in [0.2, 0.25) is 0 Å². The molecule has 0 unspecified atom stereocenters. The highest BCUT2D eigenvalue weighted by atomic mass is 32.2. The van der Waals surface area contributed by atoms with Gasteiger partial charge in [0.05, 0.1) is 12.0 Å². The fourth-order valence-electron chi connectivity index (χ4n) is 3.18. The van der Waals surface area contributed by atoms with Gasteiger partial charge in [-0.25, -0.2) is 8.42 Å². The highest BCUT2D eigenvalue weighted by Crippen LogP contribution is 2.32. The first-order chi connectivity index (χ1) is 11.5. The normalized spacial score (nSPS) is 16.2. The molecule has 0 amide bonds. The van der Waals surface area contributed by atoms with Crippen molar-refractivity contribution in [2.24, 2.45) is 0 Å². The maximum absolute atomic E-state index is 11.8. The van der Waals surface area contributed by atoms with Crippen LogP contribution in [-0.2, 0) is 16.4 Å². The number of nitrogens with zero attached hydrogens (tertiary/aromatic N) is 1. The molecule has 2 heterocycles. The molecule has 0 atom stereocenters. The number of rotatable bonds is 5. The van der Waals surface area contributed by atoms with Gasteiger partial charge in [0, 0.05) is 29.8 Å². The monoisotopic (exact) mass is 348 g/mol. The van der Waals surface area contributed by atoms with Gasteiger partial charge in [-0.3, -0.25) is 4.90 Å². The number of likely N-dealkylation sites (tertiary alicyclic amines) is 1. The largest absolute Gasteiger partial charge is 0.496 e. The molecule has 1 saturated heterocycles. The zero-order valence-electron chi connectivity index (χ0n) is 14.2. The third-order valence-electron chi connectivity index (χ3n) is 4.48. The lowest BCUT2D eigenvalue weighted by Gasteiger charge is -2.25. The van der Waals surface area contributed by atoms with E-state index in [4.69, 9.17) is 4.74 Å². The number of aromatic amines is 1. The van der Waals surface area contributed by atoms with Crippen molar-refractivity contribution < 1.29 is 13.2 Å². The van der Waals surface area contributed by atoms with E-state index in [0.29, 0.717) is 10.6 Å². The number of aromatic nitrogens is 1. The molecule has 1 fully saturated rings. The van der Waals surface area contributed by atoms with Crippen LogP contribution in [0.4, 0.5) is 0 Å². The minimum Gasteiger partial charge on any atom is -0.496 e. The smallest absolute Gasteiger partial charge is 0.175 e. The maximum Gasteiger partial charge on any atom is 0.175 e. The van der Waals surface area contributed by atoms with E-state index in [1.165, 1.54) is 25.5 Å². The van der Waals surface area contributed by atoms with Crippen LogP contribution in [0.1, 0.15) is 25.0 Å². The predicted molar refractivity (Wildman–Crippen MR) is 95.0 cm³/mol. The standard InChI is InChI=1S/C18H24N2O3S/c1-23-18-9-7-15(24(2,21)22)12-16(18)17-8-6-14(19-17)13-20-10-4-3-5-11-20/h6-9,12,19H,3-5,10-11,13H2,1-2H3. The summed E-state index contributed by atoms with van der Waals surface area (Å²) in [7, 11) is -1.66. The van der Waals surface area contributed by atoms with E-state index in [1.54, 1.807) is 25.3 Å². The van der Waals surface area contributed by atoms with Gasteiger partial charge in [-0.2, -0.15) is 0 Å². The molecule has 1 aliphatic heterocycles. The number of hydrogen-bond acceptors (Lipinski definition) is 4. The average molecular weight is 348 g/mol. The summed E-state index contributed by atoms with van der Waals surface area (Å²) in [6, 6.07) is 9.01. The Bertz CT molecular complexity index is 805. The van der Waals surface area contributed by atoms with Crippen LogP contribution < -0.4 is 4.74 Å². The van der Waals surface area contributed by atoms with Crippen LogP contribution in [-0.4, -0.2) is 44.8 Å². The van der Waals surface area contributed by atoms with Gasteiger partial charge in [-0.05, 0) is 56.3 Å². The van der Waals surface area contributed by atoms with Gasteiger partial charge in [-0.1, -0.05) is 6.42 Å². The second kappa shape index (κ2) is 6.99. The fourth-order valence-corrected chi connectivity index (χ4v) is 3.82. The molecule has 0 saturated carbocycles. The van der Waals surface area contributed by atoms with Crippen LogP contribution in [0.15, 0.2) is 35.2 Å². The number of hydrogen-bond donors (Lipinski definition) is 1. The predicted octanol–water partition coefficient (Wildman–Crippen LogP) is 3.08. The summed E-state index contributed by atoms with van der Waals surface area (Å²) in [6.45, 7) is 3.18. The first-order valence-electron chi connectivity index (χ1n) is 8.26. The van der Waals surface area contributed by atoms with Gasteiger partial charge in [0.1, 0.15) is 5.75 Å². The maximum atomic E-state index is 11.8. The number of nitrogens with one attached hydrogen (secondary N) is 1. The molecule has 1 aromatic carbocycles. The van der Waals surface area contributed by atoms with Crippen molar-refractivity contribution in [1.29, 1.82) is 0 Å².